The average Bonchev–Trinajstić information content (AvgIpc) is 3.18. The fourth-order valence-corrected chi connectivity index (χ4v) is 3.84. The second-order valence-corrected chi connectivity index (χ2v) is 6.55. The molecule has 1 N–H and O–H groups in total. The summed E-state index contributed by atoms with van der Waals surface area (Å²) in [6, 6.07) is 11.1. The lowest BCUT2D eigenvalue weighted by Crippen LogP contribution is -2.43. The van der Waals surface area contributed by atoms with Crippen LogP contribution < -0.4 is 0 Å². The highest BCUT2D eigenvalue weighted by Gasteiger charge is 2.31. The molecule has 2 heterocycles. The molecule has 1 aromatic carbocycles. The first-order valence-corrected chi connectivity index (χ1v) is 8.38. The Morgan fingerprint density at radius 2 is 1.73 bits per heavy atom. The van der Waals surface area contributed by atoms with E-state index in [-0.39, 0.29) is 0 Å². The van der Waals surface area contributed by atoms with Crippen molar-refractivity contribution in [3.8, 4) is 6.07 Å². The van der Waals surface area contributed by atoms with Gasteiger partial charge in [0.05, 0.1) is 18.2 Å². The Labute approximate surface area is 133 Å². The maximum Gasteiger partial charge on any atom is 0.0991 e. The van der Waals surface area contributed by atoms with E-state index < -0.39 is 0 Å². The summed E-state index contributed by atoms with van der Waals surface area (Å²) in [6.45, 7) is 4.63. The lowest BCUT2D eigenvalue weighted by atomic mass is 10.1. The molecule has 2 fully saturated rings. The van der Waals surface area contributed by atoms with Gasteiger partial charge in [0.25, 0.3) is 0 Å². The first-order chi connectivity index (χ1) is 10.8. The number of hydrogen-bond acceptors (Lipinski definition) is 4. The van der Waals surface area contributed by atoms with Crippen molar-refractivity contribution in [3.05, 3.63) is 35.4 Å². The minimum Gasteiger partial charge on any atom is -0.395 e. The van der Waals surface area contributed by atoms with E-state index in [2.05, 4.69) is 28.0 Å². The van der Waals surface area contributed by atoms with Gasteiger partial charge in [-0.1, -0.05) is 12.1 Å². The molecule has 1 aromatic rings. The van der Waals surface area contributed by atoms with Gasteiger partial charge in [0, 0.05) is 25.2 Å². The molecule has 0 radical (unpaired) electrons. The Hall–Kier alpha value is -1.41. The van der Waals surface area contributed by atoms with Gasteiger partial charge in [0.15, 0.2) is 0 Å². The summed E-state index contributed by atoms with van der Waals surface area (Å²) in [7, 11) is 0. The van der Waals surface area contributed by atoms with E-state index in [0.29, 0.717) is 18.7 Å². The monoisotopic (exact) mass is 299 g/mol. The Morgan fingerprint density at radius 1 is 1.05 bits per heavy atom. The normalized spacial score (nSPS) is 26.4. The molecule has 4 nitrogen and oxygen atoms in total. The van der Waals surface area contributed by atoms with Crippen molar-refractivity contribution >= 4 is 0 Å². The van der Waals surface area contributed by atoms with Crippen LogP contribution in [0.2, 0.25) is 0 Å². The topological polar surface area (TPSA) is 50.5 Å². The SMILES string of the molecule is N#Cc1ccc(CN2CCCC2CN2CCCC2CO)cc1. The molecule has 118 valence electrons. The van der Waals surface area contributed by atoms with Crippen LogP contribution in [0.4, 0.5) is 0 Å². The molecule has 2 unspecified atom stereocenters. The van der Waals surface area contributed by atoms with E-state index in [1.54, 1.807) is 0 Å². The highest BCUT2D eigenvalue weighted by molar-refractivity contribution is 5.31. The van der Waals surface area contributed by atoms with Crippen molar-refractivity contribution in [1.29, 1.82) is 5.26 Å². The molecule has 0 saturated carbocycles. The van der Waals surface area contributed by atoms with Crippen molar-refractivity contribution in [2.75, 3.05) is 26.2 Å². The smallest absolute Gasteiger partial charge is 0.0991 e. The van der Waals surface area contributed by atoms with Gasteiger partial charge in [-0.15, -0.1) is 0 Å². The largest absolute Gasteiger partial charge is 0.395 e. The Kier molecular flexibility index (Phi) is 5.09. The number of aliphatic hydroxyl groups excluding tert-OH is 1. The molecule has 0 aromatic heterocycles. The maximum atomic E-state index is 9.48. The van der Waals surface area contributed by atoms with Crippen molar-refractivity contribution < 1.29 is 5.11 Å². The standard InChI is InChI=1S/C18H25N3O/c19-11-15-5-7-16(8-6-15)12-20-9-1-3-17(20)13-21-10-2-4-18(21)14-22/h5-8,17-18,22H,1-4,9-10,12-14H2. The number of hydrogen-bond donors (Lipinski definition) is 1. The predicted molar refractivity (Wildman–Crippen MR) is 86.3 cm³/mol. The van der Waals surface area contributed by atoms with E-state index in [0.717, 1.165) is 38.2 Å². The first-order valence-electron chi connectivity index (χ1n) is 8.38. The zero-order valence-corrected chi connectivity index (χ0v) is 13.1. The summed E-state index contributed by atoms with van der Waals surface area (Å²) in [5.41, 5.74) is 2.01. The number of rotatable bonds is 5. The summed E-state index contributed by atoms with van der Waals surface area (Å²) in [5, 5.41) is 18.4. The quantitative estimate of drug-likeness (QED) is 0.903. The highest BCUT2D eigenvalue weighted by Crippen LogP contribution is 2.24. The molecule has 22 heavy (non-hydrogen) atoms. The third kappa shape index (κ3) is 3.49. The summed E-state index contributed by atoms with van der Waals surface area (Å²) in [4.78, 5) is 5.04. The van der Waals surface area contributed by atoms with Gasteiger partial charge in [0.2, 0.25) is 0 Å². The average molecular weight is 299 g/mol. The summed E-state index contributed by atoms with van der Waals surface area (Å²) < 4.78 is 0. The van der Waals surface area contributed by atoms with Crippen molar-refractivity contribution in [3.63, 3.8) is 0 Å². The maximum absolute atomic E-state index is 9.48. The molecule has 2 aliphatic heterocycles. The van der Waals surface area contributed by atoms with Crippen LogP contribution in [0.3, 0.4) is 0 Å². The molecule has 0 amide bonds. The van der Waals surface area contributed by atoms with Gasteiger partial charge in [-0.25, -0.2) is 0 Å². The number of aliphatic hydroxyl groups is 1. The summed E-state index contributed by atoms with van der Waals surface area (Å²) in [5.74, 6) is 0. The molecular formula is C18H25N3O. The molecule has 0 spiro atoms. The van der Waals surface area contributed by atoms with Crippen LogP contribution in [0.25, 0.3) is 0 Å². The van der Waals surface area contributed by atoms with E-state index in [1.165, 1.54) is 24.8 Å². The van der Waals surface area contributed by atoms with Gasteiger partial charge in [-0.05, 0) is 56.5 Å². The molecule has 2 saturated heterocycles. The Bertz CT molecular complexity index is 522. The number of nitriles is 1. The highest BCUT2D eigenvalue weighted by atomic mass is 16.3. The van der Waals surface area contributed by atoms with Crippen molar-refractivity contribution in [2.45, 2.75) is 44.3 Å². The van der Waals surface area contributed by atoms with Crippen molar-refractivity contribution in [2.24, 2.45) is 0 Å². The zero-order valence-electron chi connectivity index (χ0n) is 13.1. The van der Waals surface area contributed by atoms with Crippen LogP contribution in [0, 0.1) is 11.3 Å². The molecule has 2 aliphatic rings. The van der Waals surface area contributed by atoms with Gasteiger partial charge in [-0.2, -0.15) is 5.26 Å². The van der Waals surface area contributed by atoms with E-state index in [4.69, 9.17) is 5.26 Å². The fourth-order valence-electron chi connectivity index (χ4n) is 3.84. The molecule has 2 atom stereocenters. The minimum absolute atomic E-state index is 0.294. The number of nitrogens with zero attached hydrogens (tertiary/aromatic N) is 3. The Morgan fingerprint density at radius 3 is 2.41 bits per heavy atom. The predicted octanol–water partition coefficient (Wildman–Crippen LogP) is 1.98. The lowest BCUT2D eigenvalue weighted by Gasteiger charge is -2.31. The third-order valence-electron chi connectivity index (χ3n) is 5.12. The van der Waals surface area contributed by atoms with E-state index in [9.17, 15) is 5.11 Å². The van der Waals surface area contributed by atoms with E-state index >= 15 is 0 Å². The number of benzene rings is 1. The third-order valence-corrected chi connectivity index (χ3v) is 5.12. The second-order valence-electron chi connectivity index (χ2n) is 6.55. The second kappa shape index (κ2) is 7.23. The number of likely N-dealkylation sites (tertiary alicyclic amines) is 2. The molecule has 0 bridgehead atoms. The van der Waals surface area contributed by atoms with Crippen LogP contribution in [-0.2, 0) is 6.54 Å². The van der Waals surface area contributed by atoms with Crippen LogP contribution in [0.5, 0.6) is 0 Å². The molecule has 4 heteroatoms. The van der Waals surface area contributed by atoms with Crippen LogP contribution in [0.1, 0.15) is 36.8 Å². The van der Waals surface area contributed by atoms with Crippen LogP contribution in [-0.4, -0.2) is 53.2 Å². The Balaban J connectivity index is 1.59. The van der Waals surface area contributed by atoms with Gasteiger partial charge >= 0.3 is 0 Å². The van der Waals surface area contributed by atoms with E-state index in [1.807, 2.05) is 12.1 Å². The molecule has 3 rings (SSSR count). The van der Waals surface area contributed by atoms with Crippen LogP contribution >= 0.6 is 0 Å². The lowest BCUT2D eigenvalue weighted by molar-refractivity contribution is 0.120. The van der Waals surface area contributed by atoms with Gasteiger partial charge in [0.1, 0.15) is 0 Å². The first kappa shape index (κ1) is 15.5. The fraction of sp³-hybridized carbons (Fsp3) is 0.611. The summed E-state index contributed by atoms with van der Waals surface area (Å²) >= 11 is 0. The van der Waals surface area contributed by atoms with Gasteiger partial charge < -0.3 is 5.11 Å². The molecular weight excluding hydrogens is 274 g/mol. The molecule has 0 aliphatic carbocycles. The van der Waals surface area contributed by atoms with Crippen molar-refractivity contribution in [1.82, 2.24) is 9.80 Å². The summed E-state index contributed by atoms with van der Waals surface area (Å²) in [6.07, 6.45) is 4.87. The van der Waals surface area contributed by atoms with Gasteiger partial charge in [-0.3, -0.25) is 9.80 Å². The van der Waals surface area contributed by atoms with Crippen LogP contribution in [0.15, 0.2) is 24.3 Å². The minimum atomic E-state index is 0.294. The zero-order chi connectivity index (χ0) is 15.4.